The molecule has 5 aromatic rings. The van der Waals surface area contributed by atoms with Gasteiger partial charge in [-0.05, 0) is 24.3 Å². The second-order valence-corrected chi connectivity index (χ2v) is 5.51. The van der Waals surface area contributed by atoms with Crippen LogP contribution in [0.25, 0.3) is 43.9 Å². The van der Waals surface area contributed by atoms with Gasteiger partial charge in [-0.3, -0.25) is 0 Å². The smallest absolute Gasteiger partial charge is 0.139 e. The average molecular weight is 270 g/mol. The number of hydrogen-bond donors (Lipinski definition) is 0. The summed E-state index contributed by atoms with van der Waals surface area (Å²) in [6.07, 6.45) is 0. The van der Waals surface area contributed by atoms with E-state index in [1.165, 1.54) is 5.46 Å². The Hall–Kier alpha value is -2.68. The van der Waals surface area contributed by atoms with Gasteiger partial charge in [0.15, 0.2) is 0 Å². The Labute approximate surface area is 121 Å². The van der Waals surface area contributed by atoms with Crippen LogP contribution in [0.15, 0.2) is 63.4 Å². The molecule has 0 N–H and O–H groups in total. The summed E-state index contributed by atoms with van der Waals surface area (Å²) in [4.78, 5) is 0. The molecule has 3 heteroatoms. The molecule has 0 saturated carbocycles. The van der Waals surface area contributed by atoms with E-state index in [9.17, 15) is 0 Å². The predicted molar refractivity (Wildman–Crippen MR) is 89.2 cm³/mol. The molecule has 0 atom stereocenters. The summed E-state index contributed by atoms with van der Waals surface area (Å²) in [6, 6.07) is 18.5. The van der Waals surface area contributed by atoms with Crippen molar-refractivity contribution in [1.29, 1.82) is 0 Å². The molecule has 0 aliphatic carbocycles. The summed E-state index contributed by atoms with van der Waals surface area (Å²) in [5.74, 6) is 0. The van der Waals surface area contributed by atoms with E-state index < -0.39 is 0 Å². The highest BCUT2D eigenvalue weighted by molar-refractivity contribution is 6.34. The van der Waals surface area contributed by atoms with Crippen LogP contribution in [0.3, 0.4) is 0 Å². The molecule has 3 aromatic carbocycles. The van der Waals surface area contributed by atoms with Gasteiger partial charge in [0.1, 0.15) is 30.2 Å². The van der Waals surface area contributed by atoms with Gasteiger partial charge in [0.05, 0.1) is 0 Å². The molecule has 98 valence electrons. The first-order chi connectivity index (χ1) is 10.3. The van der Waals surface area contributed by atoms with Gasteiger partial charge in [0, 0.05) is 21.5 Å². The van der Waals surface area contributed by atoms with E-state index in [0.29, 0.717) is 0 Å². The molecule has 0 radical (unpaired) electrons. The fraction of sp³-hybridized carbons (Fsp3) is 0. The van der Waals surface area contributed by atoms with Crippen molar-refractivity contribution in [2.75, 3.05) is 0 Å². The molecule has 21 heavy (non-hydrogen) atoms. The maximum absolute atomic E-state index is 5.99. The summed E-state index contributed by atoms with van der Waals surface area (Å²) >= 11 is 0. The molecule has 0 fully saturated rings. The van der Waals surface area contributed by atoms with Crippen molar-refractivity contribution in [2.45, 2.75) is 0 Å². The summed E-state index contributed by atoms with van der Waals surface area (Å²) in [5, 5.41) is 4.59. The molecular weight excluding hydrogens is 259 g/mol. The lowest BCUT2D eigenvalue weighted by atomic mass is 9.94. The largest absolute Gasteiger partial charge is 0.456 e. The van der Waals surface area contributed by atoms with Gasteiger partial charge in [-0.15, -0.1) is 0 Å². The Morgan fingerprint density at radius 2 is 1.24 bits per heavy atom. The Kier molecular flexibility index (Phi) is 1.94. The van der Waals surface area contributed by atoms with Gasteiger partial charge in [-0.1, -0.05) is 35.8 Å². The van der Waals surface area contributed by atoms with Crippen molar-refractivity contribution in [1.82, 2.24) is 0 Å². The van der Waals surface area contributed by atoms with E-state index in [2.05, 4.69) is 26.0 Å². The second kappa shape index (κ2) is 3.70. The van der Waals surface area contributed by atoms with Crippen LogP contribution in [-0.2, 0) is 0 Å². The summed E-state index contributed by atoms with van der Waals surface area (Å²) in [6.45, 7) is 0. The molecule has 0 spiro atoms. The maximum atomic E-state index is 5.99. The number of hydrogen-bond acceptors (Lipinski definition) is 2. The zero-order valence-corrected chi connectivity index (χ0v) is 11.5. The average Bonchev–Trinajstić information content (AvgIpc) is 3.04. The minimum Gasteiger partial charge on any atom is -0.456 e. The lowest BCUT2D eigenvalue weighted by molar-refractivity contribution is 0.663. The van der Waals surface area contributed by atoms with Crippen LogP contribution in [0, 0.1) is 0 Å². The third-order valence-corrected chi connectivity index (χ3v) is 4.13. The van der Waals surface area contributed by atoms with E-state index in [1.54, 1.807) is 0 Å². The van der Waals surface area contributed by atoms with Crippen LogP contribution in [0.1, 0.15) is 0 Å². The quantitative estimate of drug-likeness (QED) is 0.401. The maximum Gasteiger partial charge on any atom is 0.139 e. The molecular formula is C18H11BO2. The molecule has 2 aromatic heterocycles. The van der Waals surface area contributed by atoms with Crippen LogP contribution in [0.2, 0.25) is 0 Å². The third-order valence-electron chi connectivity index (χ3n) is 4.13. The molecule has 5 rings (SSSR count). The van der Waals surface area contributed by atoms with Gasteiger partial charge in [0.25, 0.3) is 0 Å². The zero-order valence-electron chi connectivity index (χ0n) is 11.5. The van der Waals surface area contributed by atoms with E-state index in [1.807, 2.05) is 36.4 Å². The molecule has 2 heterocycles. The van der Waals surface area contributed by atoms with Crippen molar-refractivity contribution in [2.24, 2.45) is 0 Å². The van der Waals surface area contributed by atoms with Gasteiger partial charge < -0.3 is 8.83 Å². The first-order valence-electron chi connectivity index (χ1n) is 7.04. The SMILES string of the molecule is Bc1ccc2oc3ccc4oc5ccccc5c4c3c2c1. The molecule has 0 aliphatic rings. The number of para-hydroxylation sites is 1. The molecule has 0 bridgehead atoms. The predicted octanol–water partition coefficient (Wildman–Crippen LogP) is 3.74. The van der Waals surface area contributed by atoms with Crippen LogP contribution < -0.4 is 5.46 Å². The Balaban J connectivity index is 2.16. The monoisotopic (exact) mass is 270 g/mol. The molecule has 0 aliphatic heterocycles. The van der Waals surface area contributed by atoms with Crippen molar-refractivity contribution >= 4 is 57.2 Å². The lowest BCUT2D eigenvalue weighted by Crippen LogP contribution is -1.98. The molecule has 0 unspecified atom stereocenters. The molecule has 0 saturated heterocycles. The lowest BCUT2D eigenvalue weighted by Gasteiger charge is -1.94. The second-order valence-electron chi connectivity index (χ2n) is 5.51. The summed E-state index contributed by atoms with van der Waals surface area (Å²) in [7, 11) is 2.10. The van der Waals surface area contributed by atoms with Crippen molar-refractivity contribution < 1.29 is 8.83 Å². The van der Waals surface area contributed by atoms with E-state index in [-0.39, 0.29) is 0 Å². The van der Waals surface area contributed by atoms with Crippen LogP contribution in [-0.4, -0.2) is 7.85 Å². The van der Waals surface area contributed by atoms with Crippen LogP contribution in [0.5, 0.6) is 0 Å². The van der Waals surface area contributed by atoms with Crippen molar-refractivity contribution in [3.8, 4) is 0 Å². The van der Waals surface area contributed by atoms with Crippen LogP contribution in [0.4, 0.5) is 0 Å². The highest BCUT2D eigenvalue weighted by Gasteiger charge is 2.15. The Morgan fingerprint density at radius 1 is 0.619 bits per heavy atom. The van der Waals surface area contributed by atoms with Gasteiger partial charge >= 0.3 is 0 Å². The molecule has 2 nitrogen and oxygen atoms in total. The van der Waals surface area contributed by atoms with Gasteiger partial charge in [-0.25, -0.2) is 0 Å². The Bertz CT molecular complexity index is 1150. The fourth-order valence-electron chi connectivity index (χ4n) is 3.20. The highest BCUT2D eigenvalue weighted by atomic mass is 16.3. The van der Waals surface area contributed by atoms with Gasteiger partial charge in [0.2, 0.25) is 0 Å². The number of benzene rings is 3. The minimum atomic E-state index is 0.910. The minimum absolute atomic E-state index is 0.910. The Morgan fingerprint density at radius 3 is 2.05 bits per heavy atom. The first kappa shape index (κ1) is 11.0. The topological polar surface area (TPSA) is 26.3 Å². The number of fused-ring (bicyclic) bond motifs is 7. The van der Waals surface area contributed by atoms with Crippen LogP contribution >= 0.6 is 0 Å². The number of rotatable bonds is 0. The van der Waals surface area contributed by atoms with E-state index in [0.717, 1.165) is 43.9 Å². The van der Waals surface area contributed by atoms with Gasteiger partial charge in [-0.2, -0.15) is 0 Å². The van der Waals surface area contributed by atoms with Crippen molar-refractivity contribution in [3.63, 3.8) is 0 Å². The van der Waals surface area contributed by atoms with Crippen molar-refractivity contribution in [3.05, 3.63) is 54.6 Å². The first-order valence-corrected chi connectivity index (χ1v) is 7.04. The summed E-state index contributed by atoms with van der Waals surface area (Å²) in [5.41, 5.74) is 4.90. The normalized spacial score (nSPS) is 12.0. The number of furan rings is 2. The standard InChI is InChI=1S/C18H11BO2/c19-10-5-6-14-12(9-10)18-16(21-14)8-7-15-17(18)11-3-1-2-4-13(11)20-15/h1-9H,19H2. The van der Waals surface area contributed by atoms with E-state index >= 15 is 0 Å². The third kappa shape index (κ3) is 1.38. The zero-order chi connectivity index (χ0) is 14.0. The highest BCUT2D eigenvalue weighted by Crippen LogP contribution is 2.39. The summed E-state index contributed by atoms with van der Waals surface area (Å²) < 4.78 is 12.0. The fourth-order valence-corrected chi connectivity index (χ4v) is 3.20. The van der Waals surface area contributed by atoms with E-state index in [4.69, 9.17) is 8.83 Å². The molecule has 0 amide bonds.